The summed E-state index contributed by atoms with van der Waals surface area (Å²) in [7, 11) is 0. The maximum Gasteiger partial charge on any atom is 0.305 e. The van der Waals surface area contributed by atoms with Crippen LogP contribution in [0.15, 0.2) is 24.3 Å². The lowest BCUT2D eigenvalue weighted by Gasteiger charge is -2.20. The number of nitrogens with one attached hydrogen (secondary N) is 1. The van der Waals surface area contributed by atoms with E-state index in [1.807, 2.05) is 6.08 Å². The Kier molecular flexibility index (Phi) is 64.4. The van der Waals surface area contributed by atoms with Crippen molar-refractivity contribution in [2.75, 3.05) is 13.2 Å². The van der Waals surface area contributed by atoms with Crippen molar-refractivity contribution in [3.05, 3.63) is 24.3 Å². The van der Waals surface area contributed by atoms with E-state index >= 15 is 0 Å². The van der Waals surface area contributed by atoms with Crippen LogP contribution >= 0.6 is 0 Å². The molecule has 450 valence electrons. The summed E-state index contributed by atoms with van der Waals surface area (Å²) in [5, 5.41) is 23.1. The van der Waals surface area contributed by atoms with Gasteiger partial charge in [-0.05, 0) is 57.8 Å². The zero-order valence-corrected chi connectivity index (χ0v) is 51.5. The topological polar surface area (TPSA) is 95.9 Å². The minimum atomic E-state index is -0.845. The molecule has 0 aliphatic rings. The second-order valence-electron chi connectivity index (χ2n) is 23.9. The summed E-state index contributed by atoms with van der Waals surface area (Å²) < 4.78 is 5.51. The van der Waals surface area contributed by atoms with E-state index in [1.54, 1.807) is 6.08 Å². The van der Waals surface area contributed by atoms with Crippen LogP contribution in [-0.4, -0.2) is 47.4 Å². The van der Waals surface area contributed by atoms with Crippen LogP contribution in [0, 0.1) is 0 Å². The Balaban J connectivity index is 3.37. The minimum absolute atomic E-state index is 0.0193. The number of esters is 1. The molecule has 0 rings (SSSR count). The largest absolute Gasteiger partial charge is 0.466 e. The molecule has 3 N–H and O–H groups in total. The predicted molar refractivity (Wildman–Crippen MR) is 333 cm³/mol. The number of ether oxygens (including phenoxy) is 1. The molecule has 1 amide bonds. The minimum Gasteiger partial charge on any atom is -0.466 e. The molecule has 0 aromatic heterocycles. The molecule has 0 spiro atoms. The normalized spacial score (nSPS) is 12.6. The van der Waals surface area contributed by atoms with Gasteiger partial charge in [-0.2, -0.15) is 0 Å². The zero-order chi connectivity index (χ0) is 55.0. The second kappa shape index (κ2) is 65.9. The number of carbonyl (C=O) groups excluding carboxylic acids is 2. The summed E-state index contributed by atoms with van der Waals surface area (Å²) in [4.78, 5) is 24.6. The van der Waals surface area contributed by atoms with Crippen molar-refractivity contribution in [3.63, 3.8) is 0 Å². The van der Waals surface area contributed by atoms with Crippen molar-refractivity contribution in [2.45, 2.75) is 398 Å². The van der Waals surface area contributed by atoms with Gasteiger partial charge in [0.05, 0.1) is 25.4 Å². The fourth-order valence-electron chi connectivity index (χ4n) is 10.9. The molecule has 0 radical (unpaired) electrons. The molecule has 0 aromatic carbocycles. The molecule has 6 heteroatoms. The molecule has 0 aliphatic heterocycles. The summed E-state index contributed by atoms with van der Waals surface area (Å²) >= 11 is 0. The number of carbonyl (C=O) groups is 2. The van der Waals surface area contributed by atoms with Gasteiger partial charge < -0.3 is 20.3 Å². The predicted octanol–water partition coefficient (Wildman–Crippen LogP) is 22.1. The van der Waals surface area contributed by atoms with Crippen LogP contribution in [0.2, 0.25) is 0 Å². The van der Waals surface area contributed by atoms with Gasteiger partial charge in [0, 0.05) is 12.8 Å². The summed E-state index contributed by atoms with van der Waals surface area (Å²) in [6.07, 6.45) is 82.5. The van der Waals surface area contributed by atoms with Gasteiger partial charge in [-0.1, -0.05) is 340 Å². The lowest BCUT2D eigenvalue weighted by Crippen LogP contribution is -2.45. The fourth-order valence-corrected chi connectivity index (χ4v) is 10.9. The number of amides is 1. The van der Waals surface area contributed by atoms with Crippen LogP contribution in [0.1, 0.15) is 386 Å². The lowest BCUT2D eigenvalue weighted by molar-refractivity contribution is -0.143. The molecule has 76 heavy (non-hydrogen) atoms. The van der Waals surface area contributed by atoms with Crippen molar-refractivity contribution in [2.24, 2.45) is 0 Å². The molecular weight excluding hydrogens is 935 g/mol. The van der Waals surface area contributed by atoms with Crippen molar-refractivity contribution >= 4 is 11.9 Å². The van der Waals surface area contributed by atoms with Crippen molar-refractivity contribution in [1.29, 1.82) is 0 Å². The number of aliphatic hydroxyl groups is 2. The van der Waals surface area contributed by atoms with E-state index in [1.165, 1.54) is 321 Å². The Bertz CT molecular complexity index is 1190. The maximum atomic E-state index is 12.5. The van der Waals surface area contributed by atoms with Crippen molar-refractivity contribution in [1.82, 2.24) is 5.32 Å². The number of hydrogen-bond acceptors (Lipinski definition) is 5. The van der Waals surface area contributed by atoms with E-state index in [2.05, 4.69) is 31.3 Å². The Labute approximate surface area is 475 Å². The molecule has 0 saturated carbocycles. The van der Waals surface area contributed by atoms with Crippen LogP contribution in [-0.2, 0) is 14.3 Å². The van der Waals surface area contributed by atoms with Gasteiger partial charge >= 0.3 is 5.97 Å². The van der Waals surface area contributed by atoms with Gasteiger partial charge in [0.15, 0.2) is 0 Å². The highest BCUT2D eigenvalue weighted by Gasteiger charge is 2.18. The smallest absolute Gasteiger partial charge is 0.305 e. The molecule has 2 atom stereocenters. The zero-order valence-electron chi connectivity index (χ0n) is 51.5. The number of unbranched alkanes of at least 4 members (excludes halogenated alkanes) is 52. The average molecular weight is 1070 g/mol. The SMILES string of the molecule is CCCCCCCCCCCCCC/C=C/C(O)C(CO)NC(=O)CCCCCCCCCCCC/C=C\CCCCCCCCCCCCCCOC(=O)CCCCCCCCCCCCCCCCCCCCC. The molecule has 0 aromatic rings. The Morgan fingerprint density at radius 3 is 0.934 bits per heavy atom. The number of aliphatic hydroxyl groups excluding tert-OH is 2. The lowest BCUT2D eigenvalue weighted by atomic mass is 10.0. The summed E-state index contributed by atoms with van der Waals surface area (Å²) in [5.74, 6) is -0.0487. The van der Waals surface area contributed by atoms with Gasteiger partial charge in [-0.25, -0.2) is 0 Å². The molecule has 2 unspecified atom stereocenters. The van der Waals surface area contributed by atoms with Crippen LogP contribution in [0.3, 0.4) is 0 Å². The number of allylic oxidation sites excluding steroid dienone is 3. The first-order valence-electron chi connectivity index (χ1n) is 34.6. The quantitative estimate of drug-likeness (QED) is 0.0320. The van der Waals surface area contributed by atoms with Gasteiger partial charge in [-0.3, -0.25) is 9.59 Å². The monoisotopic (exact) mass is 1070 g/mol. The second-order valence-corrected chi connectivity index (χ2v) is 23.9. The van der Waals surface area contributed by atoms with Crippen molar-refractivity contribution in [3.8, 4) is 0 Å². The molecule has 0 saturated heterocycles. The fraction of sp³-hybridized carbons (Fsp3) is 0.914. The molecule has 0 aliphatic carbocycles. The number of rotatable bonds is 65. The standard InChI is InChI=1S/C70H135NO5/c1-3-5-7-9-11-13-15-17-19-20-29-33-36-40-44-48-52-56-60-64-70(75)76-65-61-57-53-49-45-41-37-34-31-28-26-24-22-21-23-25-27-30-32-35-39-43-47-51-55-59-63-69(74)71-67(66-72)68(73)62-58-54-50-46-42-38-18-16-14-12-10-8-6-4-2/h21,23,58,62,67-68,72-73H,3-20,22,24-57,59-61,63-66H2,1-2H3,(H,71,74)/b23-21-,62-58+. The Morgan fingerprint density at radius 2 is 0.618 bits per heavy atom. The third-order valence-electron chi connectivity index (χ3n) is 16.2. The molecule has 0 fully saturated rings. The van der Waals surface area contributed by atoms with E-state index in [-0.39, 0.29) is 18.5 Å². The summed E-state index contributed by atoms with van der Waals surface area (Å²) in [5.41, 5.74) is 0. The average Bonchev–Trinajstić information content (AvgIpc) is 3.42. The van der Waals surface area contributed by atoms with Crippen LogP contribution in [0.4, 0.5) is 0 Å². The van der Waals surface area contributed by atoms with Gasteiger partial charge in [0.1, 0.15) is 0 Å². The maximum absolute atomic E-state index is 12.5. The van der Waals surface area contributed by atoms with Crippen LogP contribution in [0.25, 0.3) is 0 Å². The first kappa shape index (κ1) is 74.3. The van der Waals surface area contributed by atoms with E-state index in [0.29, 0.717) is 19.4 Å². The van der Waals surface area contributed by atoms with Crippen LogP contribution in [0.5, 0.6) is 0 Å². The highest BCUT2D eigenvalue weighted by atomic mass is 16.5. The highest BCUT2D eigenvalue weighted by molar-refractivity contribution is 5.76. The molecule has 6 nitrogen and oxygen atoms in total. The number of hydrogen-bond donors (Lipinski definition) is 3. The van der Waals surface area contributed by atoms with Gasteiger partial charge in [0.25, 0.3) is 0 Å². The first-order chi connectivity index (χ1) is 37.5. The van der Waals surface area contributed by atoms with Gasteiger partial charge in [0.2, 0.25) is 5.91 Å². The van der Waals surface area contributed by atoms with Crippen molar-refractivity contribution < 1.29 is 24.5 Å². The van der Waals surface area contributed by atoms with Gasteiger partial charge in [-0.15, -0.1) is 0 Å². The first-order valence-corrected chi connectivity index (χ1v) is 34.6. The molecule has 0 bridgehead atoms. The van der Waals surface area contributed by atoms with Crippen LogP contribution < -0.4 is 5.32 Å². The summed E-state index contributed by atoms with van der Waals surface area (Å²) in [6, 6.07) is -0.629. The highest BCUT2D eigenvalue weighted by Crippen LogP contribution is 2.18. The Hall–Kier alpha value is -1.66. The van der Waals surface area contributed by atoms with E-state index in [9.17, 15) is 19.8 Å². The third kappa shape index (κ3) is 61.6. The third-order valence-corrected chi connectivity index (χ3v) is 16.2. The van der Waals surface area contributed by atoms with E-state index < -0.39 is 12.1 Å². The molecular formula is C70H135NO5. The summed E-state index contributed by atoms with van der Waals surface area (Å²) in [6.45, 7) is 4.94. The van der Waals surface area contributed by atoms with E-state index in [0.717, 1.165) is 38.5 Å². The Morgan fingerprint density at radius 1 is 0.355 bits per heavy atom. The van der Waals surface area contributed by atoms with E-state index in [4.69, 9.17) is 4.74 Å². The molecule has 0 heterocycles.